The van der Waals surface area contributed by atoms with E-state index in [1.54, 1.807) is 0 Å². The fourth-order valence-electron chi connectivity index (χ4n) is 1.72. The van der Waals surface area contributed by atoms with Crippen LogP contribution in [0.4, 0.5) is 0 Å². The van der Waals surface area contributed by atoms with Crippen molar-refractivity contribution in [2.75, 3.05) is 6.61 Å². The van der Waals surface area contributed by atoms with Crippen molar-refractivity contribution in [2.24, 2.45) is 5.73 Å². The van der Waals surface area contributed by atoms with Crippen LogP contribution in [0.25, 0.3) is 0 Å². The van der Waals surface area contributed by atoms with E-state index in [0.29, 0.717) is 18.4 Å². The lowest BCUT2D eigenvalue weighted by atomic mass is 9.95. The second-order valence-electron chi connectivity index (χ2n) is 5.62. The van der Waals surface area contributed by atoms with Crippen LogP contribution in [0.3, 0.4) is 0 Å². The third-order valence-corrected chi connectivity index (χ3v) is 3.27. The first-order valence-corrected chi connectivity index (χ1v) is 6.97. The Labute approximate surface area is 112 Å². The molecule has 0 saturated heterocycles. The fourth-order valence-corrected chi connectivity index (χ4v) is 1.72. The molecule has 1 unspecified atom stereocenters. The molecule has 2 nitrogen and oxygen atoms in total. The van der Waals surface area contributed by atoms with Gasteiger partial charge in [-0.1, -0.05) is 40.7 Å². The van der Waals surface area contributed by atoms with E-state index in [0.717, 1.165) is 12.2 Å². The number of ether oxygens (including phenoxy) is 1. The van der Waals surface area contributed by atoms with Crippen molar-refractivity contribution in [2.45, 2.75) is 58.9 Å². The summed E-state index contributed by atoms with van der Waals surface area (Å²) < 4.78 is 5.82. The van der Waals surface area contributed by atoms with E-state index in [4.69, 9.17) is 10.5 Å². The zero-order valence-corrected chi connectivity index (χ0v) is 12.4. The van der Waals surface area contributed by atoms with E-state index in [2.05, 4.69) is 52.8 Å². The van der Waals surface area contributed by atoms with Crippen LogP contribution in [0.5, 0.6) is 5.75 Å². The number of benzene rings is 1. The van der Waals surface area contributed by atoms with Crippen LogP contribution in [0, 0.1) is 0 Å². The summed E-state index contributed by atoms with van der Waals surface area (Å²) in [6.07, 6.45) is 0.945. The molecule has 1 rings (SSSR count). The zero-order valence-electron chi connectivity index (χ0n) is 12.4. The molecule has 0 aliphatic rings. The maximum absolute atomic E-state index is 5.89. The molecule has 0 aliphatic heterocycles. The molecule has 0 amide bonds. The van der Waals surface area contributed by atoms with Gasteiger partial charge in [-0.3, -0.25) is 0 Å². The van der Waals surface area contributed by atoms with Crippen molar-refractivity contribution < 1.29 is 4.74 Å². The Balaban J connectivity index is 2.89. The molecule has 102 valence electrons. The Morgan fingerprint density at radius 2 is 1.50 bits per heavy atom. The molecule has 1 atom stereocenters. The highest BCUT2D eigenvalue weighted by Crippen LogP contribution is 2.27. The summed E-state index contributed by atoms with van der Waals surface area (Å²) >= 11 is 0. The average Bonchev–Trinajstić information content (AvgIpc) is 2.35. The Morgan fingerprint density at radius 3 is 1.89 bits per heavy atom. The Hall–Kier alpha value is -1.02. The van der Waals surface area contributed by atoms with E-state index in [-0.39, 0.29) is 6.04 Å². The van der Waals surface area contributed by atoms with Crippen LogP contribution in [0.1, 0.15) is 64.0 Å². The minimum atomic E-state index is 0.121. The number of hydrogen-bond donors (Lipinski definition) is 1. The molecule has 0 bridgehead atoms. The maximum Gasteiger partial charge on any atom is 0.119 e. The predicted octanol–water partition coefficient (Wildman–Crippen LogP) is 4.05. The summed E-state index contributed by atoms with van der Waals surface area (Å²) in [5, 5.41) is 0. The van der Waals surface area contributed by atoms with E-state index in [1.807, 2.05) is 0 Å². The molecular formula is C16H27NO. The van der Waals surface area contributed by atoms with Gasteiger partial charge in [0.25, 0.3) is 0 Å². The van der Waals surface area contributed by atoms with Gasteiger partial charge in [0.15, 0.2) is 0 Å². The van der Waals surface area contributed by atoms with Gasteiger partial charge in [-0.25, -0.2) is 0 Å². The first-order chi connectivity index (χ1) is 8.43. The molecule has 0 aliphatic carbocycles. The second kappa shape index (κ2) is 6.79. The first-order valence-electron chi connectivity index (χ1n) is 6.97. The lowest BCUT2D eigenvalue weighted by Crippen LogP contribution is -2.26. The Morgan fingerprint density at radius 1 is 1.00 bits per heavy atom. The molecule has 1 aromatic carbocycles. The molecule has 18 heavy (non-hydrogen) atoms. The van der Waals surface area contributed by atoms with Crippen LogP contribution >= 0.6 is 0 Å². The highest BCUT2D eigenvalue weighted by atomic mass is 16.5. The molecule has 0 saturated carbocycles. The van der Waals surface area contributed by atoms with Crippen molar-refractivity contribution in [1.82, 2.24) is 0 Å². The van der Waals surface area contributed by atoms with Crippen LogP contribution in [-0.2, 0) is 0 Å². The van der Waals surface area contributed by atoms with Crippen molar-refractivity contribution in [1.29, 1.82) is 0 Å². The minimum absolute atomic E-state index is 0.121. The molecular weight excluding hydrogens is 222 g/mol. The molecule has 0 spiro atoms. The van der Waals surface area contributed by atoms with E-state index >= 15 is 0 Å². The highest BCUT2D eigenvalue weighted by molar-refractivity contribution is 5.37. The Bertz CT molecular complexity index is 345. The van der Waals surface area contributed by atoms with Crippen molar-refractivity contribution in [3.63, 3.8) is 0 Å². The first kappa shape index (κ1) is 15.0. The van der Waals surface area contributed by atoms with Crippen LogP contribution in [0.15, 0.2) is 18.2 Å². The van der Waals surface area contributed by atoms with Gasteiger partial charge in [0.2, 0.25) is 0 Å². The van der Waals surface area contributed by atoms with E-state index in [9.17, 15) is 0 Å². The van der Waals surface area contributed by atoms with Crippen molar-refractivity contribution >= 4 is 0 Å². The summed E-state index contributed by atoms with van der Waals surface area (Å²) in [6.45, 7) is 11.5. The van der Waals surface area contributed by atoms with Gasteiger partial charge in [-0.05, 0) is 41.5 Å². The summed E-state index contributed by atoms with van der Waals surface area (Å²) in [6, 6.07) is 6.68. The summed E-state index contributed by atoms with van der Waals surface area (Å²) in [5.41, 5.74) is 8.56. The summed E-state index contributed by atoms with van der Waals surface area (Å²) in [5.74, 6) is 1.99. The molecule has 1 aromatic rings. The molecule has 0 radical (unpaired) electrons. The van der Waals surface area contributed by atoms with Crippen LogP contribution in [-0.4, -0.2) is 12.6 Å². The zero-order chi connectivity index (χ0) is 13.7. The monoisotopic (exact) mass is 249 g/mol. The predicted molar refractivity (Wildman–Crippen MR) is 78.4 cm³/mol. The number of nitrogens with two attached hydrogens (primary N) is 1. The van der Waals surface area contributed by atoms with Crippen LogP contribution < -0.4 is 10.5 Å². The lowest BCUT2D eigenvalue weighted by molar-refractivity contribution is 0.285. The fraction of sp³-hybridized carbons (Fsp3) is 0.625. The van der Waals surface area contributed by atoms with Gasteiger partial charge >= 0.3 is 0 Å². The van der Waals surface area contributed by atoms with Gasteiger partial charge in [0, 0.05) is 6.04 Å². The smallest absolute Gasteiger partial charge is 0.119 e. The summed E-state index contributed by atoms with van der Waals surface area (Å²) in [4.78, 5) is 0. The average molecular weight is 249 g/mol. The third kappa shape index (κ3) is 4.34. The molecule has 0 aromatic heterocycles. The van der Waals surface area contributed by atoms with Gasteiger partial charge < -0.3 is 10.5 Å². The summed E-state index contributed by atoms with van der Waals surface area (Å²) in [7, 11) is 0. The third-order valence-electron chi connectivity index (χ3n) is 3.27. The van der Waals surface area contributed by atoms with Crippen molar-refractivity contribution in [3.8, 4) is 5.75 Å². The second-order valence-corrected chi connectivity index (χ2v) is 5.62. The topological polar surface area (TPSA) is 35.2 Å². The largest absolute Gasteiger partial charge is 0.492 e. The van der Waals surface area contributed by atoms with Gasteiger partial charge in [-0.15, -0.1) is 0 Å². The lowest BCUT2D eigenvalue weighted by Gasteiger charge is -2.16. The molecule has 2 N–H and O–H groups in total. The maximum atomic E-state index is 5.89. The molecule has 0 fully saturated rings. The molecule has 2 heteroatoms. The van der Waals surface area contributed by atoms with E-state index < -0.39 is 0 Å². The number of hydrogen-bond acceptors (Lipinski definition) is 2. The van der Waals surface area contributed by atoms with Gasteiger partial charge in [0.05, 0.1) is 0 Å². The SMILES string of the molecule is CCC(N)COc1cc(C(C)C)cc(C(C)C)c1. The highest BCUT2D eigenvalue weighted by Gasteiger charge is 2.09. The van der Waals surface area contributed by atoms with Gasteiger partial charge in [-0.2, -0.15) is 0 Å². The quantitative estimate of drug-likeness (QED) is 0.825. The van der Waals surface area contributed by atoms with Gasteiger partial charge in [0.1, 0.15) is 12.4 Å². The number of rotatable bonds is 6. The normalized spacial score (nSPS) is 13.1. The molecule has 0 heterocycles. The van der Waals surface area contributed by atoms with E-state index in [1.165, 1.54) is 11.1 Å². The minimum Gasteiger partial charge on any atom is -0.492 e. The van der Waals surface area contributed by atoms with Crippen molar-refractivity contribution in [3.05, 3.63) is 29.3 Å². The Kier molecular flexibility index (Phi) is 5.67. The van der Waals surface area contributed by atoms with Crippen LogP contribution in [0.2, 0.25) is 0 Å². The standard InChI is InChI=1S/C16H27NO/c1-6-15(17)10-18-16-8-13(11(2)3)7-14(9-16)12(4)5/h7-9,11-12,15H,6,10,17H2,1-5H3.